The van der Waals surface area contributed by atoms with Crippen molar-refractivity contribution in [2.45, 2.75) is 37.8 Å². The maximum Gasteiger partial charge on any atom is 0.319 e. The van der Waals surface area contributed by atoms with Crippen LogP contribution in [0.15, 0.2) is 54.6 Å². The summed E-state index contributed by atoms with van der Waals surface area (Å²) in [6, 6.07) is 15.9. The number of para-hydroxylation sites is 1. The van der Waals surface area contributed by atoms with E-state index in [0.29, 0.717) is 5.69 Å². The summed E-state index contributed by atoms with van der Waals surface area (Å²) in [6.07, 6.45) is 3.40. The highest BCUT2D eigenvalue weighted by atomic mass is 19.1. The molecule has 4 rings (SSSR count). The number of amides is 2. The topological polar surface area (TPSA) is 74.5 Å². The number of anilines is 3. The number of nitrogens with zero attached hydrogens (tertiary/aromatic N) is 3. The van der Waals surface area contributed by atoms with Crippen molar-refractivity contribution in [1.82, 2.24) is 4.98 Å². The van der Waals surface area contributed by atoms with Gasteiger partial charge in [0, 0.05) is 49.0 Å². The number of nitrogens with one attached hydrogen (secondary N) is 1. The van der Waals surface area contributed by atoms with Crippen LogP contribution in [0.4, 0.5) is 26.4 Å². The monoisotopic (exact) mass is 421 g/mol. The molecule has 6 nitrogen and oxygen atoms in total. The molecule has 2 aromatic carbocycles. The van der Waals surface area contributed by atoms with Crippen molar-refractivity contribution in [1.29, 1.82) is 0 Å². The molecule has 7 heteroatoms. The van der Waals surface area contributed by atoms with Gasteiger partial charge in [0.15, 0.2) is 0 Å². The van der Waals surface area contributed by atoms with Gasteiger partial charge in [-0.2, -0.15) is 0 Å². The molecular formula is C24H28FN5O. The van der Waals surface area contributed by atoms with Crippen LogP contribution in [0.3, 0.4) is 0 Å². The molecule has 162 valence electrons. The van der Waals surface area contributed by atoms with E-state index in [9.17, 15) is 9.18 Å². The average Bonchev–Trinajstić information content (AvgIpc) is 2.75. The minimum absolute atomic E-state index is 0.00269. The summed E-state index contributed by atoms with van der Waals surface area (Å²) in [5.41, 5.74) is 8.38. The van der Waals surface area contributed by atoms with Gasteiger partial charge in [-0.05, 0) is 56.0 Å². The average molecular weight is 422 g/mol. The predicted octanol–water partition coefficient (Wildman–Crippen LogP) is 4.75. The number of halogens is 1. The van der Waals surface area contributed by atoms with Crippen molar-refractivity contribution in [3.63, 3.8) is 0 Å². The van der Waals surface area contributed by atoms with Crippen LogP contribution in [-0.2, 0) is 0 Å². The number of carbonyl (C=O) groups is 1. The zero-order valence-corrected chi connectivity index (χ0v) is 17.9. The van der Waals surface area contributed by atoms with Gasteiger partial charge in [-0.15, -0.1) is 0 Å². The molecule has 0 unspecified atom stereocenters. The highest BCUT2D eigenvalue weighted by molar-refractivity contribution is 5.93. The Kier molecular flexibility index (Phi) is 5.93. The van der Waals surface area contributed by atoms with Gasteiger partial charge in [0.25, 0.3) is 0 Å². The molecule has 0 aliphatic heterocycles. The first-order chi connectivity index (χ1) is 14.9. The fourth-order valence-corrected chi connectivity index (χ4v) is 4.41. The van der Waals surface area contributed by atoms with E-state index in [-0.39, 0.29) is 17.9 Å². The number of hydrogen-bond donors (Lipinski definition) is 2. The van der Waals surface area contributed by atoms with Crippen molar-refractivity contribution in [2.75, 3.05) is 29.2 Å². The number of fused-ring (bicyclic) bond motifs is 1. The van der Waals surface area contributed by atoms with Gasteiger partial charge in [-0.25, -0.2) is 14.2 Å². The molecule has 0 atom stereocenters. The van der Waals surface area contributed by atoms with Crippen molar-refractivity contribution >= 4 is 34.1 Å². The molecule has 0 radical (unpaired) electrons. The second-order valence-electron chi connectivity index (χ2n) is 8.27. The van der Waals surface area contributed by atoms with Crippen LogP contribution in [-0.4, -0.2) is 37.2 Å². The molecule has 1 aliphatic rings. The summed E-state index contributed by atoms with van der Waals surface area (Å²) in [5, 5.41) is 4.71. The highest BCUT2D eigenvalue weighted by Gasteiger charge is 2.29. The minimum Gasteiger partial charge on any atom is -0.377 e. The Labute approximate surface area is 181 Å². The summed E-state index contributed by atoms with van der Waals surface area (Å²) in [4.78, 5) is 20.6. The standard InChI is InChI=1S/C24H28FN5O/c1-29(2)22-15-23(28-21-6-4-3-5-20(21)22)27-17-9-13-19(14-10-17)30(24(26)31)18-11-7-16(25)8-12-18/h3-8,11-12,15,17,19H,9-10,13-14H2,1-2H3,(H2,26,31)(H,27,28). The second kappa shape index (κ2) is 8.79. The summed E-state index contributed by atoms with van der Waals surface area (Å²) in [6.45, 7) is 0. The fourth-order valence-electron chi connectivity index (χ4n) is 4.41. The van der Waals surface area contributed by atoms with Crippen LogP contribution in [0.2, 0.25) is 0 Å². The normalized spacial score (nSPS) is 18.5. The first-order valence-corrected chi connectivity index (χ1v) is 10.6. The lowest BCUT2D eigenvalue weighted by atomic mass is 9.90. The van der Waals surface area contributed by atoms with Crippen LogP contribution >= 0.6 is 0 Å². The Morgan fingerprint density at radius 2 is 1.74 bits per heavy atom. The quantitative estimate of drug-likeness (QED) is 0.624. The molecule has 2 amide bonds. The maximum atomic E-state index is 13.3. The molecule has 31 heavy (non-hydrogen) atoms. The number of rotatable bonds is 5. The van der Waals surface area contributed by atoms with Gasteiger partial charge in [0.05, 0.1) is 5.52 Å². The van der Waals surface area contributed by atoms with E-state index < -0.39 is 6.03 Å². The van der Waals surface area contributed by atoms with E-state index in [4.69, 9.17) is 10.7 Å². The Morgan fingerprint density at radius 1 is 1.06 bits per heavy atom. The molecule has 1 aromatic heterocycles. The fraction of sp³-hybridized carbons (Fsp3) is 0.333. The van der Waals surface area contributed by atoms with Crippen LogP contribution in [0, 0.1) is 5.82 Å². The lowest BCUT2D eigenvalue weighted by Crippen LogP contribution is -2.46. The molecule has 3 N–H and O–H groups in total. The zero-order valence-electron chi connectivity index (χ0n) is 17.9. The van der Waals surface area contributed by atoms with Gasteiger partial charge in [0.2, 0.25) is 0 Å². The highest BCUT2D eigenvalue weighted by Crippen LogP contribution is 2.31. The van der Waals surface area contributed by atoms with Gasteiger partial charge < -0.3 is 16.0 Å². The predicted molar refractivity (Wildman–Crippen MR) is 124 cm³/mol. The number of pyridine rings is 1. The number of hydrogen-bond acceptors (Lipinski definition) is 4. The number of primary amides is 1. The molecule has 0 saturated heterocycles. The van der Waals surface area contributed by atoms with E-state index in [1.807, 2.05) is 32.3 Å². The number of aromatic nitrogens is 1. The van der Waals surface area contributed by atoms with Crippen LogP contribution < -0.4 is 20.9 Å². The largest absolute Gasteiger partial charge is 0.377 e. The first-order valence-electron chi connectivity index (χ1n) is 10.6. The van der Waals surface area contributed by atoms with E-state index >= 15 is 0 Å². The van der Waals surface area contributed by atoms with E-state index in [1.165, 1.54) is 12.1 Å². The van der Waals surface area contributed by atoms with Crippen molar-refractivity contribution in [3.8, 4) is 0 Å². The van der Waals surface area contributed by atoms with Crippen LogP contribution in [0.1, 0.15) is 25.7 Å². The first kappa shape index (κ1) is 20.9. The van der Waals surface area contributed by atoms with Crippen molar-refractivity contribution in [2.24, 2.45) is 5.73 Å². The van der Waals surface area contributed by atoms with Gasteiger partial charge >= 0.3 is 6.03 Å². The van der Waals surface area contributed by atoms with Crippen molar-refractivity contribution in [3.05, 3.63) is 60.4 Å². The third kappa shape index (κ3) is 4.55. The summed E-state index contributed by atoms with van der Waals surface area (Å²) in [5.74, 6) is 0.525. The molecule has 1 aliphatic carbocycles. The van der Waals surface area contributed by atoms with Gasteiger partial charge in [-0.1, -0.05) is 18.2 Å². The van der Waals surface area contributed by atoms with Gasteiger partial charge in [-0.3, -0.25) is 4.90 Å². The zero-order chi connectivity index (χ0) is 22.0. The Bertz CT molecular complexity index is 1060. The van der Waals surface area contributed by atoms with Crippen LogP contribution in [0.5, 0.6) is 0 Å². The number of benzene rings is 2. The number of carbonyl (C=O) groups excluding carboxylic acids is 1. The number of nitrogens with two attached hydrogens (primary N) is 1. The molecule has 1 saturated carbocycles. The lowest BCUT2D eigenvalue weighted by Gasteiger charge is -2.36. The third-order valence-corrected chi connectivity index (χ3v) is 5.93. The Balaban J connectivity index is 1.46. The van der Waals surface area contributed by atoms with Crippen molar-refractivity contribution < 1.29 is 9.18 Å². The van der Waals surface area contributed by atoms with Crippen LogP contribution in [0.25, 0.3) is 10.9 Å². The van der Waals surface area contributed by atoms with E-state index in [0.717, 1.165) is 48.1 Å². The Morgan fingerprint density at radius 3 is 2.39 bits per heavy atom. The lowest BCUT2D eigenvalue weighted by molar-refractivity contribution is 0.248. The Hall–Kier alpha value is -3.35. The molecule has 1 heterocycles. The smallest absolute Gasteiger partial charge is 0.319 e. The maximum absolute atomic E-state index is 13.3. The minimum atomic E-state index is -0.505. The molecule has 1 fully saturated rings. The SMILES string of the molecule is CN(C)c1cc(NC2CCC(N(C(N)=O)c3ccc(F)cc3)CC2)nc2ccccc12. The summed E-state index contributed by atoms with van der Waals surface area (Å²) in [7, 11) is 4.06. The number of urea groups is 1. The summed E-state index contributed by atoms with van der Waals surface area (Å²) < 4.78 is 13.3. The van der Waals surface area contributed by atoms with E-state index in [2.05, 4.69) is 22.3 Å². The molecule has 0 bridgehead atoms. The molecular weight excluding hydrogens is 393 g/mol. The summed E-state index contributed by atoms with van der Waals surface area (Å²) >= 11 is 0. The van der Waals surface area contributed by atoms with Gasteiger partial charge in [0.1, 0.15) is 11.6 Å². The van der Waals surface area contributed by atoms with E-state index in [1.54, 1.807) is 17.0 Å². The molecule has 3 aromatic rings. The second-order valence-corrected chi connectivity index (χ2v) is 8.27. The third-order valence-electron chi connectivity index (χ3n) is 5.93. The molecule has 0 spiro atoms.